The summed E-state index contributed by atoms with van der Waals surface area (Å²) >= 11 is -0.176. The molecule has 300 valence electrons. The number of carbonyl (C=O) groups excluding carboxylic acids is 1. The summed E-state index contributed by atoms with van der Waals surface area (Å²) in [7, 11) is -0.390. The van der Waals surface area contributed by atoms with Gasteiger partial charge in [-0.1, -0.05) is 41.7 Å². The van der Waals surface area contributed by atoms with E-state index in [1.807, 2.05) is 0 Å². The Morgan fingerprint density at radius 1 is 0.846 bits per heavy atom. The standard InChI is InChI=1S/C33H54IO4Si.3C4H9.Sn/c1-12-14-18-27(4)24-29(17-13-2)37-32(35)25-30(38-39(10,11)33(6,7)8)20-15-21-31(36-9)28(5)23-26(3)19-16-22-34;3*1-3-4-2;/h2,12-16,20,22-24,26,29-31H,17-19,21,25H2,1,3-11H3;3*1,3-4H2,2H3;/b13-2?,14-12+,20-15+,22-16+,27-24+,28-23+;;;;/t26-,29+,30+,31-;;;;/m0..../s1. The molecular formula is C45H81IO4SiSn. The monoisotopic (exact) mass is 960 g/mol. The molecule has 7 heteroatoms. The number of methoxy groups -OCH3 is 1. The fourth-order valence-electron chi connectivity index (χ4n) is 6.30. The van der Waals surface area contributed by atoms with Crippen molar-refractivity contribution in [3.8, 4) is 0 Å². The van der Waals surface area contributed by atoms with E-state index in [0.717, 1.165) is 25.7 Å². The Labute approximate surface area is 342 Å². The van der Waals surface area contributed by atoms with Gasteiger partial charge in [-0.05, 0) is 28.9 Å². The van der Waals surface area contributed by atoms with Gasteiger partial charge in [0, 0.05) is 7.11 Å². The van der Waals surface area contributed by atoms with E-state index in [2.05, 4.69) is 162 Å². The Bertz CT molecular complexity index is 1120. The number of allylic oxidation sites excluding steroid dienone is 5. The molecule has 0 aromatic heterocycles. The van der Waals surface area contributed by atoms with Gasteiger partial charge in [-0.3, -0.25) is 0 Å². The van der Waals surface area contributed by atoms with Crippen LogP contribution in [-0.4, -0.2) is 58.1 Å². The van der Waals surface area contributed by atoms with Crippen molar-refractivity contribution in [2.45, 2.75) is 190 Å². The molecule has 4 nitrogen and oxygen atoms in total. The van der Waals surface area contributed by atoms with Gasteiger partial charge in [0.15, 0.2) is 0 Å². The maximum absolute atomic E-state index is 13.8. The summed E-state index contributed by atoms with van der Waals surface area (Å²) in [5, 5.41) is 0.0194. The SMILES string of the molecule is C/C=C/C/C(C)=C/[C@@H](C/C=[CH]\[Sn]([CH2]CCC)([CH2]CCC)[CH2]CCC)OC(=O)C[C@@H](/C=C/C[C@H](OC)/C(C)=C/[C@@H](C)C/C=C/I)O[Si](C)(C)C(C)(C)C. The van der Waals surface area contributed by atoms with Gasteiger partial charge in [0.25, 0.3) is 0 Å². The molecule has 0 aliphatic carbocycles. The molecule has 0 aromatic carbocycles. The van der Waals surface area contributed by atoms with Crippen LogP contribution in [0.15, 0.2) is 67.9 Å². The van der Waals surface area contributed by atoms with Crippen LogP contribution < -0.4 is 0 Å². The Morgan fingerprint density at radius 2 is 1.44 bits per heavy atom. The third-order valence-electron chi connectivity index (χ3n) is 10.6. The molecule has 0 rings (SSSR count). The number of hydrogen-bond donors (Lipinski definition) is 0. The van der Waals surface area contributed by atoms with E-state index < -0.39 is 26.7 Å². The molecule has 0 N–H and O–H groups in total. The van der Waals surface area contributed by atoms with Crippen LogP contribution in [0.3, 0.4) is 0 Å². The Balaban J connectivity index is 6.34. The molecule has 0 unspecified atom stereocenters. The average molecular weight is 960 g/mol. The van der Waals surface area contributed by atoms with Crippen molar-refractivity contribution in [3.05, 3.63) is 67.9 Å². The molecular weight excluding hydrogens is 878 g/mol. The Morgan fingerprint density at radius 3 is 1.94 bits per heavy atom. The van der Waals surface area contributed by atoms with Gasteiger partial charge in [0.1, 0.15) is 0 Å². The molecule has 0 saturated carbocycles. The number of unbranched alkanes of at least 4 members (excludes halogenated alkanes) is 3. The summed E-state index contributed by atoms with van der Waals surface area (Å²) in [6.45, 7) is 26.8. The van der Waals surface area contributed by atoms with Crippen LogP contribution in [0.1, 0.15) is 140 Å². The summed E-state index contributed by atoms with van der Waals surface area (Å²) in [6.07, 6.45) is 28.3. The molecule has 52 heavy (non-hydrogen) atoms. The van der Waals surface area contributed by atoms with E-state index in [0.29, 0.717) is 5.92 Å². The molecule has 0 aliphatic rings. The minimum absolute atomic E-state index is 0.0194. The first kappa shape index (κ1) is 51.6. The predicted octanol–water partition coefficient (Wildman–Crippen LogP) is 14.8. The first-order valence-electron chi connectivity index (χ1n) is 20.5. The van der Waals surface area contributed by atoms with Crippen LogP contribution in [0.5, 0.6) is 0 Å². The molecule has 0 heterocycles. The normalized spacial score (nSPS) is 16.4. The third kappa shape index (κ3) is 22.8. The van der Waals surface area contributed by atoms with Crippen molar-refractivity contribution < 1.29 is 18.7 Å². The zero-order valence-corrected chi connectivity index (χ0v) is 42.0. The summed E-state index contributed by atoms with van der Waals surface area (Å²) in [4.78, 5) is 13.8. The average Bonchev–Trinajstić information content (AvgIpc) is 3.07. The molecule has 0 aromatic rings. The van der Waals surface area contributed by atoms with Crippen LogP contribution in [0.4, 0.5) is 0 Å². The van der Waals surface area contributed by atoms with Crippen molar-refractivity contribution in [1.29, 1.82) is 0 Å². The number of carbonyl (C=O) groups is 1. The summed E-state index contributed by atoms with van der Waals surface area (Å²) in [5.74, 6) is 0.246. The second-order valence-corrected chi connectivity index (χ2v) is 35.1. The van der Waals surface area contributed by atoms with Crippen LogP contribution in [0, 0.1) is 5.92 Å². The van der Waals surface area contributed by atoms with Crippen molar-refractivity contribution in [1.82, 2.24) is 0 Å². The number of halogens is 1. The van der Waals surface area contributed by atoms with Gasteiger partial charge < -0.3 is 4.74 Å². The fourth-order valence-corrected chi connectivity index (χ4v) is 22.3. The summed E-state index contributed by atoms with van der Waals surface area (Å²) in [5.41, 5.74) is 2.45. The maximum atomic E-state index is 13.8. The summed E-state index contributed by atoms with van der Waals surface area (Å²) < 4.78 is 28.2. The zero-order chi connectivity index (χ0) is 39.6. The second-order valence-electron chi connectivity index (χ2n) is 16.6. The van der Waals surface area contributed by atoms with Gasteiger partial charge in [-0.25, -0.2) is 0 Å². The van der Waals surface area contributed by atoms with E-state index in [9.17, 15) is 4.79 Å². The zero-order valence-electron chi connectivity index (χ0n) is 36.0. The Kier molecular flexibility index (Phi) is 28.7. The van der Waals surface area contributed by atoms with Gasteiger partial charge >= 0.3 is 262 Å². The van der Waals surface area contributed by atoms with E-state index >= 15 is 0 Å². The third-order valence-corrected chi connectivity index (χ3v) is 29.9. The quantitative estimate of drug-likeness (QED) is 0.0339. The van der Waals surface area contributed by atoms with Crippen LogP contribution in [0.2, 0.25) is 31.4 Å². The first-order valence-corrected chi connectivity index (χ1v) is 32.3. The van der Waals surface area contributed by atoms with Crippen LogP contribution in [0.25, 0.3) is 0 Å². The van der Waals surface area contributed by atoms with Crippen molar-refractivity contribution in [3.63, 3.8) is 0 Å². The van der Waals surface area contributed by atoms with Crippen molar-refractivity contribution >= 4 is 55.3 Å². The van der Waals surface area contributed by atoms with E-state index in [1.165, 1.54) is 63.0 Å². The number of esters is 1. The first-order chi connectivity index (χ1) is 24.5. The van der Waals surface area contributed by atoms with Gasteiger partial charge in [-0.2, -0.15) is 0 Å². The van der Waals surface area contributed by atoms with E-state index in [-0.39, 0.29) is 35.7 Å². The summed E-state index contributed by atoms with van der Waals surface area (Å²) in [6, 6.07) is 0. The molecule has 0 fully saturated rings. The molecule has 0 radical (unpaired) electrons. The molecule has 0 saturated heterocycles. The van der Waals surface area contributed by atoms with Crippen molar-refractivity contribution in [2.24, 2.45) is 5.92 Å². The van der Waals surface area contributed by atoms with Gasteiger partial charge in [0.05, 0.1) is 0 Å². The van der Waals surface area contributed by atoms with E-state index in [4.69, 9.17) is 13.9 Å². The molecule has 0 spiro atoms. The molecule has 0 amide bonds. The van der Waals surface area contributed by atoms with Gasteiger partial charge in [0.2, 0.25) is 0 Å². The minimum atomic E-state index is -2.45. The molecule has 0 aliphatic heterocycles. The topological polar surface area (TPSA) is 44.8 Å². The van der Waals surface area contributed by atoms with Crippen LogP contribution in [-0.2, 0) is 18.7 Å². The number of hydrogen-bond acceptors (Lipinski definition) is 4. The predicted molar refractivity (Wildman–Crippen MR) is 244 cm³/mol. The van der Waals surface area contributed by atoms with Crippen LogP contribution >= 0.6 is 22.6 Å². The van der Waals surface area contributed by atoms with Crippen molar-refractivity contribution in [2.75, 3.05) is 7.11 Å². The number of rotatable bonds is 28. The molecule has 0 bridgehead atoms. The number of ether oxygens (including phenoxy) is 2. The fraction of sp³-hybridized carbons (Fsp3) is 0.711. The van der Waals surface area contributed by atoms with Gasteiger partial charge in [-0.15, -0.1) is 0 Å². The molecule has 4 atom stereocenters. The van der Waals surface area contributed by atoms with E-state index in [1.54, 1.807) is 7.11 Å². The second kappa shape index (κ2) is 28.9. The Hall–Kier alpha value is -0.424.